The Bertz CT molecular complexity index is 1480. The van der Waals surface area contributed by atoms with E-state index >= 15 is 0 Å². The fraction of sp³-hybridized carbons (Fsp3) is 0.200. The third kappa shape index (κ3) is 5.12. The molecule has 2 N–H and O–H groups in total. The molecular formula is C30H26ClNO5S. The van der Waals surface area contributed by atoms with Gasteiger partial charge in [-0.2, -0.15) is 0 Å². The molecule has 1 aliphatic carbocycles. The van der Waals surface area contributed by atoms with Gasteiger partial charge in [0.15, 0.2) is 0 Å². The predicted octanol–water partition coefficient (Wildman–Crippen LogP) is 8.17. The summed E-state index contributed by atoms with van der Waals surface area (Å²) in [6.45, 7) is 1.82. The first-order valence-corrected chi connectivity index (χ1v) is 13.3. The predicted molar refractivity (Wildman–Crippen MR) is 150 cm³/mol. The largest absolute Gasteiger partial charge is 0.496 e. The Morgan fingerprint density at radius 1 is 1.00 bits per heavy atom. The highest BCUT2D eigenvalue weighted by molar-refractivity contribution is 7.20. The number of methoxy groups -OCH3 is 1. The molecule has 8 heteroatoms. The molecule has 1 saturated carbocycles. The van der Waals surface area contributed by atoms with Crippen molar-refractivity contribution in [3.8, 4) is 27.3 Å². The van der Waals surface area contributed by atoms with Crippen molar-refractivity contribution in [2.75, 3.05) is 12.4 Å². The van der Waals surface area contributed by atoms with E-state index in [0.717, 1.165) is 32.7 Å². The molecule has 1 aromatic heterocycles. The molecule has 0 radical (unpaired) electrons. The molecule has 0 aliphatic heterocycles. The zero-order chi connectivity index (χ0) is 26.9. The van der Waals surface area contributed by atoms with Crippen LogP contribution in [-0.4, -0.2) is 24.3 Å². The first-order valence-electron chi connectivity index (χ1n) is 12.2. The van der Waals surface area contributed by atoms with Gasteiger partial charge in [-0.15, -0.1) is 11.3 Å². The van der Waals surface area contributed by atoms with E-state index in [9.17, 15) is 14.7 Å². The van der Waals surface area contributed by atoms with E-state index in [-0.39, 0.29) is 0 Å². The number of halogens is 1. The molecule has 1 amide bonds. The van der Waals surface area contributed by atoms with Crippen LogP contribution in [0.15, 0.2) is 78.9 Å². The minimum absolute atomic E-state index is 0.412. The van der Waals surface area contributed by atoms with Gasteiger partial charge < -0.3 is 14.6 Å². The molecule has 1 aliphatic rings. The molecule has 4 aromatic rings. The number of hydrogen-bond donors (Lipinski definition) is 2. The lowest BCUT2D eigenvalue weighted by molar-refractivity contribution is -0.140. The topological polar surface area (TPSA) is 84.9 Å². The maximum atomic E-state index is 12.7. The summed E-state index contributed by atoms with van der Waals surface area (Å²) in [4.78, 5) is 25.1. The monoisotopic (exact) mass is 547 g/mol. The highest BCUT2D eigenvalue weighted by Gasteiger charge is 2.51. The van der Waals surface area contributed by atoms with E-state index in [0.29, 0.717) is 28.6 Å². The van der Waals surface area contributed by atoms with Crippen molar-refractivity contribution in [2.24, 2.45) is 0 Å². The van der Waals surface area contributed by atoms with Crippen LogP contribution >= 0.6 is 22.9 Å². The molecule has 1 unspecified atom stereocenters. The Kier molecular flexibility index (Phi) is 7.15. The van der Waals surface area contributed by atoms with Gasteiger partial charge in [-0.3, -0.25) is 10.1 Å². The van der Waals surface area contributed by atoms with Crippen LogP contribution in [0.2, 0.25) is 4.34 Å². The molecule has 6 nitrogen and oxygen atoms in total. The van der Waals surface area contributed by atoms with Gasteiger partial charge >= 0.3 is 12.1 Å². The van der Waals surface area contributed by atoms with E-state index in [4.69, 9.17) is 21.1 Å². The average Bonchev–Trinajstić information content (AvgIpc) is 3.67. The number of rotatable bonds is 8. The van der Waals surface area contributed by atoms with Crippen molar-refractivity contribution in [1.29, 1.82) is 0 Å². The van der Waals surface area contributed by atoms with Gasteiger partial charge in [0, 0.05) is 5.56 Å². The zero-order valence-electron chi connectivity index (χ0n) is 20.9. The molecule has 38 heavy (non-hydrogen) atoms. The van der Waals surface area contributed by atoms with Crippen molar-refractivity contribution in [3.63, 3.8) is 0 Å². The number of carbonyl (C=O) groups excluding carboxylic acids is 1. The lowest BCUT2D eigenvalue weighted by Crippen LogP contribution is -2.19. The van der Waals surface area contributed by atoms with Crippen LogP contribution in [0.25, 0.3) is 21.6 Å². The number of aliphatic carboxylic acids is 1. The van der Waals surface area contributed by atoms with Crippen LogP contribution in [0.5, 0.6) is 5.75 Å². The smallest absolute Gasteiger partial charge is 0.412 e. The van der Waals surface area contributed by atoms with Crippen LogP contribution in [0.3, 0.4) is 0 Å². The van der Waals surface area contributed by atoms with Gasteiger partial charge in [0.05, 0.1) is 27.4 Å². The zero-order valence-corrected chi connectivity index (χ0v) is 22.4. The fourth-order valence-electron chi connectivity index (χ4n) is 4.55. The molecule has 3 aromatic carbocycles. The maximum absolute atomic E-state index is 12.7. The lowest BCUT2D eigenvalue weighted by Gasteiger charge is -2.15. The Balaban J connectivity index is 1.37. The van der Waals surface area contributed by atoms with Crippen LogP contribution in [0.4, 0.5) is 10.5 Å². The molecule has 1 fully saturated rings. The Labute approximate surface area is 229 Å². The third-order valence-corrected chi connectivity index (χ3v) is 8.18. The first-order chi connectivity index (χ1) is 18.3. The normalized spacial score (nSPS) is 14.4. The molecular weight excluding hydrogens is 522 g/mol. The second-order valence-corrected chi connectivity index (χ2v) is 10.9. The van der Waals surface area contributed by atoms with Gasteiger partial charge in [0.25, 0.3) is 0 Å². The summed E-state index contributed by atoms with van der Waals surface area (Å²) < 4.78 is 11.8. The molecule has 0 bridgehead atoms. The summed E-state index contributed by atoms with van der Waals surface area (Å²) in [5.74, 6) is -0.130. The molecule has 0 spiro atoms. The second-order valence-electron chi connectivity index (χ2n) is 9.26. The van der Waals surface area contributed by atoms with Gasteiger partial charge in [0.1, 0.15) is 11.9 Å². The number of benzene rings is 3. The number of carboxylic acids is 1. The summed E-state index contributed by atoms with van der Waals surface area (Å²) in [5.41, 5.74) is 4.14. The van der Waals surface area contributed by atoms with Crippen LogP contribution in [0, 0.1) is 0 Å². The van der Waals surface area contributed by atoms with E-state index in [1.807, 2.05) is 79.7 Å². The van der Waals surface area contributed by atoms with Crippen molar-refractivity contribution in [1.82, 2.24) is 0 Å². The van der Waals surface area contributed by atoms with Crippen molar-refractivity contribution in [2.45, 2.75) is 31.3 Å². The lowest BCUT2D eigenvalue weighted by atomic mass is 9.93. The number of hydrogen-bond acceptors (Lipinski definition) is 5. The number of nitrogens with one attached hydrogen (secondary N) is 1. The number of carboxylic acid groups (broad SMARTS) is 1. The van der Waals surface area contributed by atoms with E-state index < -0.39 is 23.6 Å². The molecule has 194 valence electrons. The van der Waals surface area contributed by atoms with Crippen LogP contribution in [-0.2, 0) is 14.9 Å². The van der Waals surface area contributed by atoms with Crippen LogP contribution in [0.1, 0.15) is 37.0 Å². The molecule has 1 atom stereocenters. The SMILES string of the molecule is COc1cc(-c2sc(Cl)cc2NC(=O)OC(C)c2ccccc2)ccc1-c1ccc(C2(C(=O)O)CC2)cc1. The van der Waals surface area contributed by atoms with E-state index in [1.165, 1.54) is 11.3 Å². The van der Waals surface area contributed by atoms with Gasteiger partial charge in [-0.1, -0.05) is 78.3 Å². The summed E-state index contributed by atoms with van der Waals surface area (Å²) in [5, 5.41) is 12.4. The number of carbonyl (C=O) groups is 2. The first kappa shape index (κ1) is 25.8. The minimum Gasteiger partial charge on any atom is -0.496 e. The molecule has 5 rings (SSSR count). The number of thiophene rings is 1. The Morgan fingerprint density at radius 3 is 2.32 bits per heavy atom. The van der Waals surface area contributed by atoms with E-state index in [2.05, 4.69) is 5.32 Å². The minimum atomic E-state index is -0.774. The Morgan fingerprint density at radius 2 is 1.68 bits per heavy atom. The number of amides is 1. The standard InChI is InChI=1S/C30H26ClNO5S/c1-18(19-6-4-3-5-7-19)37-29(35)32-24-17-26(31)38-27(24)21-10-13-23(25(16-21)36-2)20-8-11-22(12-9-20)30(14-15-30)28(33)34/h3-13,16-18H,14-15H2,1-2H3,(H,32,35)(H,33,34). The second kappa shape index (κ2) is 10.5. The highest BCUT2D eigenvalue weighted by atomic mass is 35.5. The van der Waals surface area contributed by atoms with Crippen molar-refractivity contribution < 1.29 is 24.2 Å². The van der Waals surface area contributed by atoms with Gasteiger partial charge in [-0.25, -0.2) is 4.79 Å². The maximum Gasteiger partial charge on any atom is 0.412 e. The van der Waals surface area contributed by atoms with Crippen molar-refractivity contribution in [3.05, 3.63) is 94.3 Å². The summed E-state index contributed by atoms with van der Waals surface area (Å²) >= 11 is 7.68. The summed E-state index contributed by atoms with van der Waals surface area (Å²) in [6, 6.07) is 24.6. The molecule has 0 saturated heterocycles. The number of anilines is 1. The fourth-order valence-corrected chi connectivity index (χ4v) is 5.73. The number of ether oxygens (including phenoxy) is 2. The van der Waals surface area contributed by atoms with Gasteiger partial charge in [0.2, 0.25) is 0 Å². The van der Waals surface area contributed by atoms with E-state index in [1.54, 1.807) is 13.2 Å². The summed E-state index contributed by atoms with van der Waals surface area (Å²) in [7, 11) is 1.60. The van der Waals surface area contributed by atoms with Crippen LogP contribution < -0.4 is 10.1 Å². The quantitative estimate of drug-likeness (QED) is 0.232. The molecule has 1 heterocycles. The Hall–Kier alpha value is -3.81. The van der Waals surface area contributed by atoms with Gasteiger partial charge in [-0.05, 0) is 54.2 Å². The average molecular weight is 548 g/mol. The third-order valence-electron chi connectivity index (χ3n) is 6.86. The van der Waals surface area contributed by atoms with Crippen molar-refractivity contribution >= 4 is 40.7 Å². The summed E-state index contributed by atoms with van der Waals surface area (Å²) in [6.07, 6.45) is 0.344. The highest BCUT2D eigenvalue weighted by Crippen LogP contribution is 2.49.